The number of anilines is 1. The van der Waals surface area contributed by atoms with E-state index in [0.717, 1.165) is 34.1 Å². The molecule has 1 atom stereocenters. The van der Waals surface area contributed by atoms with Crippen molar-refractivity contribution in [3.63, 3.8) is 0 Å². The van der Waals surface area contributed by atoms with Crippen LogP contribution in [-0.4, -0.2) is 33.4 Å². The summed E-state index contributed by atoms with van der Waals surface area (Å²) in [7, 11) is -1.61. The highest BCUT2D eigenvalue weighted by Crippen LogP contribution is 2.41. The van der Waals surface area contributed by atoms with Gasteiger partial charge in [-0.15, -0.1) is 0 Å². The molecule has 2 aromatic rings. The quantitative estimate of drug-likeness (QED) is 0.699. The Morgan fingerprint density at radius 1 is 1.09 bits per heavy atom. The number of hydrogen-bond donors (Lipinski definition) is 1. The zero-order chi connectivity index (χ0) is 25.4. The van der Waals surface area contributed by atoms with Crippen LogP contribution in [-0.2, 0) is 16.2 Å². The average Bonchev–Trinajstić information content (AvgIpc) is 2.80. The van der Waals surface area contributed by atoms with E-state index >= 15 is 0 Å². The number of rotatable bonds is 4. The molecule has 1 heterocycles. The fourth-order valence-corrected chi connectivity index (χ4v) is 4.72. The molecular formula is C22H18F3N5O3S. The lowest BCUT2D eigenvalue weighted by atomic mass is 9.93. The number of alkyl halides is 3. The van der Waals surface area contributed by atoms with E-state index in [0.29, 0.717) is 0 Å². The predicted molar refractivity (Wildman–Crippen MR) is 116 cm³/mol. The zero-order valence-corrected chi connectivity index (χ0v) is 19.0. The topological polar surface area (TPSA) is 117 Å². The molecular weight excluding hydrogens is 471 g/mol. The summed E-state index contributed by atoms with van der Waals surface area (Å²) in [6.07, 6.45) is -4.64. The summed E-state index contributed by atoms with van der Waals surface area (Å²) in [6, 6.07) is 9.81. The zero-order valence-electron chi connectivity index (χ0n) is 18.2. The minimum Gasteiger partial charge on any atom is -0.315 e. The smallest absolute Gasteiger partial charge is 0.315 e. The second kappa shape index (κ2) is 8.82. The second-order valence-electron chi connectivity index (χ2n) is 7.36. The predicted octanol–water partition coefficient (Wildman–Crippen LogP) is 3.90. The van der Waals surface area contributed by atoms with Crippen LogP contribution < -0.4 is 9.62 Å². The standard InChI is InChI=1S/C22H18F3N5O3S/c1-13-18(12-27)20(17-8-7-14(11-26)9-19(17)34(32,33)28-2)29(3)21(31)30(13)16-6-4-5-15(10-16)22(23,24)25/h4-10,20,28H,1-3H3. The number of nitriles is 2. The molecule has 1 aliphatic rings. The van der Waals surface area contributed by atoms with Gasteiger partial charge in [0, 0.05) is 18.3 Å². The van der Waals surface area contributed by atoms with Crippen LogP contribution in [0.25, 0.3) is 0 Å². The van der Waals surface area contributed by atoms with E-state index in [1.165, 1.54) is 39.2 Å². The Morgan fingerprint density at radius 2 is 1.76 bits per heavy atom. The van der Waals surface area contributed by atoms with Gasteiger partial charge >= 0.3 is 12.2 Å². The number of likely N-dealkylation sites (N-methyl/N-ethyl adjacent to an activating group) is 1. The molecule has 0 bridgehead atoms. The molecule has 34 heavy (non-hydrogen) atoms. The van der Waals surface area contributed by atoms with E-state index < -0.39 is 33.8 Å². The van der Waals surface area contributed by atoms with Gasteiger partial charge in [0.15, 0.2) is 0 Å². The lowest BCUT2D eigenvalue weighted by molar-refractivity contribution is -0.137. The van der Waals surface area contributed by atoms with Crippen LogP contribution >= 0.6 is 0 Å². The molecule has 8 nitrogen and oxygen atoms in total. The molecule has 2 aromatic carbocycles. The van der Waals surface area contributed by atoms with Crippen LogP contribution in [0.2, 0.25) is 0 Å². The van der Waals surface area contributed by atoms with Crippen LogP contribution in [0.5, 0.6) is 0 Å². The van der Waals surface area contributed by atoms with Gasteiger partial charge < -0.3 is 4.90 Å². The number of nitrogens with one attached hydrogen (secondary N) is 1. The molecule has 2 amide bonds. The molecule has 0 saturated heterocycles. The first-order valence-corrected chi connectivity index (χ1v) is 11.2. The lowest BCUT2D eigenvalue weighted by Gasteiger charge is -2.40. The molecule has 3 rings (SSSR count). The SMILES string of the molecule is CNS(=O)(=O)c1cc(C#N)ccc1C1C(C#N)=C(C)N(c2cccc(C(F)(F)F)c2)C(=O)N1C. The van der Waals surface area contributed by atoms with Gasteiger partial charge in [0.25, 0.3) is 0 Å². The van der Waals surface area contributed by atoms with Gasteiger partial charge in [0.1, 0.15) is 0 Å². The van der Waals surface area contributed by atoms with Gasteiger partial charge in [-0.2, -0.15) is 23.7 Å². The van der Waals surface area contributed by atoms with Crippen molar-refractivity contribution in [1.29, 1.82) is 10.5 Å². The Bertz CT molecular complexity index is 1390. The minimum absolute atomic E-state index is 0.0447. The third-order valence-corrected chi connectivity index (χ3v) is 6.90. The van der Waals surface area contributed by atoms with Gasteiger partial charge in [-0.25, -0.2) is 17.9 Å². The number of amides is 2. The first kappa shape index (κ1) is 24.8. The number of nitrogens with zero attached hydrogens (tertiary/aromatic N) is 4. The van der Waals surface area contributed by atoms with Gasteiger partial charge in [0.05, 0.1) is 45.5 Å². The normalized spacial score (nSPS) is 16.9. The molecule has 1 N–H and O–H groups in total. The van der Waals surface area contributed by atoms with E-state index in [2.05, 4.69) is 4.72 Å². The maximum atomic E-state index is 13.3. The maximum Gasteiger partial charge on any atom is 0.416 e. The molecule has 0 aliphatic carbocycles. The number of allylic oxidation sites excluding steroid dienone is 1. The molecule has 0 saturated carbocycles. The van der Waals surface area contributed by atoms with Crippen molar-refractivity contribution >= 4 is 21.7 Å². The highest BCUT2D eigenvalue weighted by molar-refractivity contribution is 7.89. The third kappa shape index (κ3) is 4.21. The van der Waals surface area contributed by atoms with E-state index in [1.54, 1.807) is 0 Å². The van der Waals surface area contributed by atoms with E-state index in [-0.39, 0.29) is 33.0 Å². The van der Waals surface area contributed by atoms with Crippen LogP contribution in [0.3, 0.4) is 0 Å². The second-order valence-corrected chi connectivity index (χ2v) is 9.22. The molecule has 1 unspecified atom stereocenters. The van der Waals surface area contributed by atoms with Crippen molar-refractivity contribution in [3.8, 4) is 12.1 Å². The maximum absolute atomic E-state index is 13.3. The first-order valence-electron chi connectivity index (χ1n) is 9.70. The summed E-state index contributed by atoms with van der Waals surface area (Å²) in [5, 5.41) is 19.1. The van der Waals surface area contributed by atoms with Gasteiger partial charge in [-0.1, -0.05) is 12.1 Å². The van der Waals surface area contributed by atoms with Crippen LogP contribution in [0, 0.1) is 22.7 Å². The summed E-state index contributed by atoms with van der Waals surface area (Å²) >= 11 is 0. The summed E-state index contributed by atoms with van der Waals surface area (Å²) in [5.41, 5.74) is -0.957. The van der Waals surface area contributed by atoms with Crippen molar-refractivity contribution in [2.75, 3.05) is 19.0 Å². The Balaban J connectivity index is 2.26. The van der Waals surface area contributed by atoms with Gasteiger partial charge in [-0.05, 0) is 44.3 Å². The molecule has 0 spiro atoms. The molecule has 1 aliphatic heterocycles. The molecule has 176 valence electrons. The number of carbonyl (C=O) groups excluding carboxylic acids is 1. The summed E-state index contributed by atoms with van der Waals surface area (Å²) in [5.74, 6) is 0. The Kier molecular flexibility index (Phi) is 6.42. The van der Waals surface area contributed by atoms with E-state index in [4.69, 9.17) is 0 Å². The van der Waals surface area contributed by atoms with Crippen LogP contribution in [0.1, 0.15) is 29.7 Å². The Hall–Kier alpha value is -3.87. The van der Waals surface area contributed by atoms with Crippen molar-refractivity contribution < 1.29 is 26.4 Å². The Morgan fingerprint density at radius 3 is 2.32 bits per heavy atom. The van der Waals surface area contributed by atoms with Crippen LogP contribution in [0.15, 0.2) is 58.6 Å². The van der Waals surface area contributed by atoms with Crippen molar-refractivity contribution in [2.45, 2.75) is 24.0 Å². The third-order valence-electron chi connectivity index (χ3n) is 5.43. The summed E-state index contributed by atoms with van der Waals surface area (Å²) in [4.78, 5) is 15.1. The fraction of sp³-hybridized carbons (Fsp3) is 0.227. The molecule has 0 fully saturated rings. The first-order chi connectivity index (χ1) is 15.9. The number of halogens is 3. The van der Waals surface area contributed by atoms with E-state index in [9.17, 15) is 36.9 Å². The summed E-state index contributed by atoms with van der Waals surface area (Å²) in [6.45, 7) is 1.40. The van der Waals surface area contributed by atoms with Gasteiger partial charge in [-0.3, -0.25) is 4.90 Å². The van der Waals surface area contributed by atoms with Crippen molar-refractivity contribution in [1.82, 2.24) is 9.62 Å². The average molecular weight is 489 g/mol. The number of urea groups is 1. The van der Waals surface area contributed by atoms with Crippen molar-refractivity contribution in [3.05, 3.63) is 70.4 Å². The summed E-state index contributed by atoms with van der Waals surface area (Å²) < 4.78 is 67.2. The highest BCUT2D eigenvalue weighted by atomic mass is 32.2. The number of hydrogen-bond acceptors (Lipinski definition) is 5. The van der Waals surface area contributed by atoms with Gasteiger partial charge in [0.2, 0.25) is 10.0 Å². The highest BCUT2D eigenvalue weighted by Gasteiger charge is 2.40. The number of sulfonamides is 1. The molecule has 0 aromatic heterocycles. The Labute approximate surface area is 194 Å². The molecule has 12 heteroatoms. The largest absolute Gasteiger partial charge is 0.416 e. The number of carbonyl (C=O) groups is 1. The fourth-order valence-electron chi connectivity index (χ4n) is 3.73. The van der Waals surface area contributed by atoms with Crippen LogP contribution in [0.4, 0.5) is 23.7 Å². The number of benzene rings is 2. The minimum atomic E-state index is -4.64. The van der Waals surface area contributed by atoms with E-state index in [1.807, 2.05) is 12.1 Å². The molecule has 0 radical (unpaired) electrons. The monoisotopic (exact) mass is 489 g/mol. The lowest BCUT2D eigenvalue weighted by Crippen LogP contribution is -2.48. The van der Waals surface area contributed by atoms with Crippen molar-refractivity contribution in [2.24, 2.45) is 0 Å².